The highest BCUT2D eigenvalue weighted by atomic mass is 16.4. The fourth-order valence-corrected chi connectivity index (χ4v) is 9.62. The van der Waals surface area contributed by atoms with Gasteiger partial charge in [-0.25, -0.2) is 4.79 Å². The lowest BCUT2D eigenvalue weighted by Gasteiger charge is -2.61. The van der Waals surface area contributed by atoms with Crippen LogP contribution in [0.2, 0.25) is 0 Å². The quantitative estimate of drug-likeness (QED) is 0.449. The van der Waals surface area contributed by atoms with Gasteiger partial charge in [-0.2, -0.15) is 9.90 Å². The molecule has 212 valence electrons. The van der Waals surface area contributed by atoms with Crippen LogP contribution in [-0.4, -0.2) is 56.2 Å². The molecular formula is C30H48N4O4. The molecule has 0 aromatic carbocycles. The first-order valence-electron chi connectivity index (χ1n) is 15.0. The summed E-state index contributed by atoms with van der Waals surface area (Å²) in [5.74, 6) is 1.52. The number of aliphatic hydroxyl groups is 1. The molecule has 0 unspecified atom stereocenters. The second-order valence-electron chi connectivity index (χ2n) is 14.1. The Balaban J connectivity index is 1.31. The van der Waals surface area contributed by atoms with Crippen molar-refractivity contribution in [3.8, 4) is 0 Å². The van der Waals surface area contributed by atoms with Crippen LogP contribution in [-0.2, 0) is 11.3 Å². The first-order valence-corrected chi connectivity index (χ1v) is 15.0. The van der Waals surface area contributed by atoms with Gasteiger partial charge in [-0.05, 0) is 119 Å². The van der Waals surface area contributed by atoms with Gasteiger partial charge in [0.25, 0.3) is 0 Å². The van der Waals surface area contributed by atoms with E-state index in [-0.39, 0.29) is 35.3 Å². The van der Waals surface area contributed by atoms with Crippen LogP contribution in [0.25, 0.3) is 0 Å². The molecule has 0 aliphatic heterocycles. The molecule has 0 saturated heterocycles. The second kappa shape index (κ2) is 9.99. The Bertz CT molecular complexity index is 1070. The molecule has 0 radical (unpaired) electrons. The Morgan fingerprint density at radius 2 is 1.76 bits per heavy atom. The van der Waals surface area contributed by atoms with Gasteiger partial charge in [0.1, 0.15) is 12.2 Å². The average Bonchev–Trinajstić information content (AvgIpc) is 3.44. The number of hydrogen-bond donors (Lipinski definition) is 3. The van der Waals surface area contributed by atoms with E-state index in [1.807, 2.05) is 20.9 Å². The molecule has 4 aliphatic carbocycles. The monoisotopic (exact) mass is 528 g/mol. The van der Waals surface area contributed by atoms with Gasteiger partial charge in [0.05, 0.1) is 5.60 Å². The van der Waals surface area contributed by atoms with Crippen molar-refractivity contribution in [1.82, 2.24) is 20.3 Å². The van der Waals surface area contributed by atoms with Crippen LogP contribution in [0.15, 0.2) is 0 Å². The molecule has 1 heterocycles. The Hall–Kier alpha value is -1.80. The summed E-state index contributed by atoms with van der Waals surface area (Å²) in [7, 11) is 1.87. The van der Waals surface area contributed by atoms with Gasteiger partial charge < -0.3 is 15.5 Å². The second-order valence-corrected chi connectivity index (χ2v) is 14.1. The summed E-state index contributed by atoms with van der Waals surface area (Å²) in [5, 5.41) is 32.3. The number of fused-ring (bicyclic) bond motifs is 5. The first kappa shape index (κ1) is 27.8. The number of aromatic carboxylic acids is 1. The van der Waals surface area contributed by atoms with Crippen molar-refractivity contribution in [2.75, 3.05) is 13.6 Å². The molecule has 1 aromatic rings. The number of nitrogens with one attached hydrogen (secondary N) is 1. The number of carboxylic acids is 1. The number of rotatable bonds is 8. The third kappa shape index (κ3) is 4.63. The van der Waals surface area contributed by atoms with Gasteiger partial charge in [0, 0.05) is 11.8 Å². The minimum Gasteiger partial charge on any atom is -0.476 e. The highest BCUT2D eigenvalue weighted by molar-refractivity contribution is 5.87. The van der Waals surface area contributed by atoms with E-state index in [1.165, 1.54) is 24.1 Å². The number of carboxylic acid groups (broad SMARTS) is 1. The van der Waals surface area contributed by atoms with Gasteiger partial charge in [0.15, 0.2) is 11.5 Å². The minimum absolute atomic E-state index is 0.00664. The molecule has 3 N–H and O–H groups in total. The Kier molecular flexibility index (Phi) is 7.30. The molecule has 38 heavy (non-hydrogen) atoms. The summed E-state index contributed by atoms with van der Waals surface area (Å²) in [6, 6.07) is 0. The summed E-state index contributed by atoms with van der Waals surface area (Å²) in [5.41, 5.74) is 0.215. The third-order valence-corrected chi connectivity index (χ3v) is 11.8. The first-order chi connectivity index (χ1) is 17.9. The molecule has 5 rings (SSSR count). The maximum Gasteiger partial charge on any atom is 0.358 e. The number of ketones is 1. The number of Topliss-reactive ketones (excluding diaryl/α,β-unsaturated/α-hetero) is 1. The van der Waals surface area contributed by atoms with Crippen LogP contribution in [0.4, 0.5) is 0 Å². The fraction of sp³-hybridized carbons (Fsp3) is 0.867. The predicted octanol–water partition coefficient (Wildman–Crippen LogP) is 4.67. The van der Waals surface area contributed by atoms with E-state index in [9.17, 15) is 19.8 Å². The average molecular weight is 529 g/mol. The standard InChI is InChI=1S/C30H48N4O4/c1-18(11-15-31-5)25-26(27(36)37)33-34(32-25)17-24(35)23-9-8-21-20-7-6-19-16-28(2,38)13-14-29(19,3)22(20)10-12-30(21,23)4/h18-23,31,38H,6-17H2,1-5H3,(H,36,37)/t18-,19-,20+,21+,22+,23-,28-,29+,30+/m1/s1. The zero-order chi connectivity index (χ0) is 27.5. The van der Waals surface area contributed by atoms with Crippen LogP contribution < -0.4 is 5.32 Å². The van der Waals surface area contributed by atoms with Gasteiger partial charge in [-0.15, -0.1) is 5.10 Å². The van der Waals surface area contributed by atoms with Crippen LogP contribution in [0.5, 0.6) is 0 Å². The zero-order valence-corrected chi connectivity index (χ0v) is 24.0. The van der Waals surface area contributed by atoms with E-state index in [1.54, 1.807) is 0 Å². The van der Waals surface area contributed by atoms with Crippen molar-refractivity contribution in [1.29, 1.82) is 0 Å². The lowest BCUT2D eigenvalue weighted by atomic mass is 9.44. The van der Waals surface area contributed by atoms with Crippen molar-refractivity contribution in [3.63, 3.8) is 0 Å². The van der Waals surface area contributed by atoms with Gasteiger partial charge in [0.2, 0.25) is 0 Å². The molecular weight excluding hydrogens is 480 g/mol. The topological polar surface area (TPSA) is 117 Å². The van der Waals surface area contributed by atoms with E-state index in [0.29, 0.717) is 34.8 Å². The summed E-state index contributed by atoms with van der Waals surface area (Å²) in [6.45, 7) is 9.65. The number of carbonyl (C=O) groups is 2. The Morgan fingerprint density at radius 1 is 1.03 bits per heavy atom. The third-order valence-electron chi connectivity index (χ3n) is 11.8. The van der Waals surface area contributed by atoms with Gasteiger partial charge in [-0.3, -0.25) is 4.79 Å². The van der Waals surface area contributed by atoms with Crippen molar-refractivity contribution >= 4 is 11.8 Å². The van der Waals surface area contributed by atoms with E-state index >= 15 is 0 Å². The number of nitrogens with zero attached hydrogens (tertiary/aromatic N) is 3. The predicted molar refractivity (Wildman–Crippen MR) is 145 cm³/mol. The molecule has 4 aliphatic rings. The normalized spacial score (nSPS) is 41.2. The van der Waals surface area contributed by atoms with Crippen LogP contribution in [0.3, 0.4) is 0 Å². The largest absolute Gasteiger partial charge is 0.476 e. The molecule has 0 bridgehead atoms. The molecule has 0 amide bonds. The van der Waals surface area contributed by atoms with Gasteiger partial charge in [-0.1, -0.05) is 20.8 Å². The zero-order valence-electron chi connectivity index (χ0n) is 24.0. The molecule has 4 fully saturated rings. The fourth-order valence-electron chi connectivity index (χ4n) is 9.62. The lowest BCUT2D eigenvalue weighted by Crippen LogP contribution is -2.55. The van der Waals surface area contributed by atoms with Crippen LogP contribution in [0, 0.1) is 40.4 Å². The van der Waals surface area contributed by atoms with E-state index in [0.717, 1.165) is 51.5 Å². The SMILES string of the molecule is CNCC[C@@H](C)c1nn(CC(=O)[C@H]2CC[C@H]3[C@@H]4CC[C@@H]5C[C@](C)(O)CC[C@]5(C)[C@H]4CC[C@]23C)nc1C(=O)O. The Labute approximate surface area is 227 Å². The van der Waals surface area contributed by atoms with Crippen molar-refractivity contribution in [2.24, 2.45) is 40.4 Å². The molecule has 4 saturated carbocycles. The summed E-state index contributed by atoms with van der Waals surface area (Å²) in [6.07, 6.45) is 10.4. The summed E-state index contributed by atoms with van der Waals surface area (Å²) < 4.78 is 0. The van der Waals surface area contributed by atoms with E-state index in [2.05, 4.69) is 29.4 Å². The van der Waals surface area contributed by atoms with E-state index < -0.39 is 11.6 Å². The maximum absolute atomic E-state index is 13.7. The molecule has 8 nitrogen and oxygen atoms in total. The summed E-state index contributed by atoms with van der Waals surface area (Å²) in [4.78, 5) is 27.0. The van der Waals surface area contributed by atoms with Crippen molar-refractivity contribution in [3.05, 3.63) is 11.4 Å². The lowest BCUT2D eigenvalue weighted by molar-refractivity contribution is -0.151. The molecule has 8 heteroatoms. The molecule has 1 aromatic heterocycles. The van der Waals surface area contributed by atoms with E-state index in [4.69, 9.17) is 0 Å². The minimum atomic E-state index is -1.09. The molecule has 0 spiro atoms. The van der Waals surface area contributed by atoms with Crippen LogP contribution >= 0.6 is 0 Å². The number of carbonyl (C=O) groups excluding carboxylic acids is 1. The maximum atomic E-state index is 13.7. The van der Waals surface area contributed by atoms with Crippen LogP contribution in [0.1, 0.15) is 114 Å². The highest BCUT2D eigenvalue weighted by Gasteiger charge is 2.61. The summed E-state index contributed by atoms with van der Waals surface area (Å²) >= 11 is 0. The van der Waals surface area contributed by atoms with Crippen molar-refractivity contribution < 1.29 is 19.8 Å². The number of hydrogen-bond acceptors (Lipinski definition) is 6. The van der Waals surface area contributed by atoms with Crippen molar-refractivity contribution in [2.45, 2.75) is 110 Å². The highest BCUT2D eigenvalue weighted by Crippen LogP contribution is 2.68. The number of aromatic nitrogens is 3. The Morgan fingerprint density at radius 3 is 2.47 bits per heavy atom. The van der Waals surface area contributed by atoms with Gasteiger partial charge >= 0.3 is 5.97 Å². The smallest absolute Gasteiger partial charge is 0.358 e. The molecule has 9 atom stereocenters.